The van der Waals surface area contributed by atoms with Crippen molar-refractivity contribution >= 4 is 38.8 Å². The predicted molar refractivity (Wildman–Crippen MR) is 143 cm³/mol. The number of rotatable bonds is 8. The molecule has 1 aliphatic heterocycles. The van der Waals surface area contributed by atoms with Gasteiger partial charge in [-0.05, 0) is 64.1 Å². The van der Waals surface area contributed by atoms with Crippen LogP contribution in [0.3, 0.4) is 0 Å². The van der Waals surface area contributed by atoms with E-state index in [1.165, 1.54) is 24.3 Å². The molecule has 11 nitrogen and oxygen atoms in total. The first kappa shape index (κ1) is 27.8. The summed E-state index contributed by atoms with van der Waals surface area (Å²) in [5.41, 5.74) is 0.0424. The summed E-state index contributed by atoms with van der Waals surface area (Å²) in [4.78, 5) is 41.1. The number of fused-ring (bicyclic) bond motifs is 1. The lowest BCUT2D eigenvalue weighted by Crippen LogP contribution is -2.57. The maximum atomic E-state index is 13.3. The third kappa shape index (κ3) is 6.63. The van der Waals surface area contributed by atoms with Crippen LogP contribution in [0.25, 0.3) is 10.9 Å². The molecule has 0 saturated carbocycles. The molecule has 1 fully saturated rings. The standard InChI is InChI=1S/C27H30N4O7S/c1-17-13-18(21-7-5-6-8-22(21)28-17)14-37-19-9-11-20(12-10-19)39(35,36)16-27(23(32)29-24(33)30-27)15-38-25(34)31-26(2,3)4/h5-13H,14-16H2,1-4H3,(H,31,34)(H2,29,30,32,33). The van der Waals surface area contributed by atoms with Gasteiger partial charge in [-0.1, -0.05) is 18.2 Å². The molecular weight excluding hydrogens is 524 g/mol. The maximum absolute atomic E-state index is 13.3. The molecule has 39 heavy (non-hydrogen) atoms. The van der Waals surface area contributed by atoms with Crippen molar-refractivity contribution in [1.82, 2.24) is 20.9 Å². The smallest absolute Gasteiger partial charge is 0.407 e. The number of aryl methyl sites for hydroxylation is 1. The van der Waals surface area contributed by atoms with Crippen LogP contribution in [0, 0.1) is 6.92 Å². The van der Waals surface area contributed by atoms with E-state index in [9.17, 15) is 22.8 Å². The van der Waals surface area contributed by atoms with Crippen LogP contribution >= 0.6 is 0 Å². The number of amides is 4. The molecule has 0 spiro atoms. The van der Waals surface area contributed by atoms with Gasteiger partial charge in [-0.2, -0.15) is 0 Å². The number of alkyl carbamates (subject to hydrolysis) is 1. The number of carbonyl (C=O) groups excluding carboxylic acids is 3. The minimum Gasteiger partial charge on any atom is -0.489 e. The molecule has 1 aromatic heterocycles. The van der Waals surface area contributed by atoms with Crippen LogP contribution in [0.5, 0.6) is 5.75 Å². The maximum Gasteiger partial charge on any atom is 0.407 e. The second-order valence-corrected chi connectivity index (χ2v) is 12.4. The monoisotopic (exact) mass is 554 g/mol. The van der Waals surface area contributed by atoms with E-state index in [4.69, 9.17) is 9.47 Å². The molecule has 0 bridgehead atoms. The molecule has 2 aromatic carbocycles. The van der Waals surface area contributed by atoms with E-state index in [2.05, 4.69) is 15.6 Å². The molecule has 1 aliphatic rings. The second-order valence-electron chi connectivity index (χ2n) is 10.4. The summed E-state index contributed by atoms with van der Waals surface area (Å²) >= 11 is 0. The number of hydrogen-bond acceptors (Lipinski definition) is 8. The highest BCUT2D eigenvalue weighted by atomic mass is 32.2. The number of aromatic nitrogens is 1. The van der Waals surface area contributed by atoms with Gasteiger partial charge in [-0.15, -0.1) is 0 Å². The molecule has 1 atom stereocenters. The van der Waals surface area contributed by atoms with Gasteiger partial charge < -0.3 is 20.1 Å². The molecule has 4 amide bonds. The number of imide groups is 1. The van der Waals surface area contributed by atoms with Crippen LogP contribution in [0.15, 0.2) is 59.5 Å². The summed E-state index contributed by atoms with van der Waals surface area (Å²) in [5, 5.41) is 7.85. The van der Waals surface area contributed by atoms with E-state index >= 15 is 0 Å². The summed E-state index contributed by atoms with van der Waals surface area (Å²) in [6, 6.07) is 14.5. The number of urea groups is 1. The Hall–Kier alpha value is -4.19. The van der Waals surface area contributed by atoms with Gasteiger partial charge in [0, 0.05) is 22.2 Å². The Morgan fingerprint density at radius 3 is 2.41 bits per heavy atom. The summed E-state index contributed by atoms with van der Waals surface area (Å²) < 4.78 is 37.5. The van der Waals surface area contributed by atoms with Crippen molar-refractivity contribution in [2.45, 2.75) is 50.3 Å². The van der Waals surface area contributed by atoms with Gasteiger partial charge in [0.25, 0.3) is 5.91 Å². The normalized spacial score (nSPS) is 17.4. The summed E-state index contributed by atoms with van der Waals surface area (Å²) in [7, 11) is -4.11. The average Bonchev–Trinajstić information content (AvgIpc) is 3.12. The number of nitrogens with one attached hydrogen (secondary N) is 3. The van der Waals surface area contributed by atoms with Crippen molar-refractivity contribution < 1.29 is 32.3 Å². The van der Waals surface area contributed by atoms with Gasteiger partial charge in [-0.3, -0.25) is 15.1 Å². The summed E-state index contributed by atoms with van der Waals surface area (Å²) in [6.45, 7) is 6.66. The summed E-state index contributed by atoms with van der Waals surface area (Å²) in [5.74, 6) is -1.28. The van der Waals surface area contributed by atoms with Crippen molar-refractivity contribution in [2.75, 3.05) is 12.4 Å². The third-order valence-corrected chi connectivity index (χ3v) is 7.75. The van der Waals surface area contributed by atoms with Crippen LogP contribution in [-0.4, -0.2) is 54.9 Å². The molecule has 3 aromatic rings. The number of hydrogen-bond donors (Lipinski definition) is 3. The number of pyridine rings is 1. The fraction of sp³-hybridized carbons (Fsp3) is 0.333. The van der Waals surface area contributed by atoms with E-state index in [0.29, 0.717) is 5.75 Å². The topological polar surface area (TPSA) is 153 Å². The van der Waals surface area contributed by atoms with Crippen molar-refractivity contribution in [2.24, 2.45) is 0 Å². The first-order valence-electron chi connectivity index (χ1n) is 12.2. The van der Waals surface area contributed by atoms with Crippen LogP contribution in [0.2, 0.25) is 0 Å². The quantitative estimate of drug-likeness (QED) is 0.359. The molecule has 0 radical (unpaired) electrons. The molecule has 12 heteroatoms. The number of nitrogens with zero attached hydrogens (tertiary/aromatic N) is 1. The Bertz CT molecular complexity index is 1530. The van der Waals surface area contributed by atoms with Crippen LogP contribution in [0.1, 0.15) is 32.0 Å². The fourth-order valence-corrected chi connectivity index (χ4v) is 5.78. The number of sulfone groups is 1. The molecule has 1 saturated heterocycles. The lowest BCUT2D eigenvalue weighted by molar-refractivity contribution is -0.124. The third-order valence-electron chi connectivity index (χ3n) is 5.88. The Balaban J connectivity index is 1.48. The molecular formula is C27H30N4O7S. The van der Waals surface area contributed by atoms with Gasteiger partial charge in [0.2, 0.25) is 0 Å². The Labute approximate surface area is 226 Å². The molecule has 4 rings (SSSR count). The van der Waals surface area contributed by atoms with E-state index in [0.717, 1.165) is 22.2 Å². The van der Waals surface area contributed by atoms with E-state index in [1.54, 1.807) is 20.8 Å². The Kier molecular flexibility index (Phi) is 7.51. The van der Waals surface area contributed by atoms with Crippen molar-refractivity contribution in [3.63, 3.8) is 0 Å². The first-order chi connectivity index (χ1) is 18.3. The van der Waals surface area contributed by atoms with E-state index in [-0.39, 0.29) is 11.5 Å². The predicted octanol–water partition coefficient (Wildman–Crippen LogP) is 3.00. The minimum atomic E-state index is -4.11. The van der Waals surface area contributed by atoms with Crippen molar-refractivity contribution in [3.8, 4) is 5.75 Å². The van der Waals surface area contributed by atoms with E-state index in [1.807, 2.05) is 42.6 Å². The largest absolute Gasteiger partial charge is 0.489 e. The van der Waals surface area contributed by atoms with Gasteiger partial charge in [0.15, 0.2) is 15.4 Å². The highest BCUT2D eigenvalue weighted by molar-refractivity contribution is 7.91. The lowest BCUT2D eigenvalue weighted by atomic mass is 10.0. The van der Waals surface area contributed by atoms with Crippen LogP contribution < -0.4 is 20.7 Å². The van der Waals surface area contributed by atoms with Crippen molar-refractivity contribution in [3.05, 3.63) is 65.9 Å². The Morgan fingerprint density at radius 1 is 1.08 bits per heavy atom. The lowest BCUT2D eigenvalue weighted by Gasteiger charge is -2.27. The van der Waals surface area contributed by atoms with E-state index < -0.39 is 51.3 Å². The minimum absolute atomic E-state index is 0.0903. The zero-order valence-corrected chi connectivity index (χ0v) is 22.8. The number of para-hydroxylation sites is 1. The van der Waals surface area contributed by atoms with Gasteiger partial charge in [0.05, 0.1) is 16.2 Å². The number of benzene rings is 2. The highest BCUT2D eigenvalue weighted by Gasteiger charge is 2.51. The molecule has 2 heterocycles. The number of carbonyl (C=O) groups is 3. The summed E-state index contributed by atoms with van der Waals surface area (Å²) in [6.07, 6.45) is -0.855. The first-order valence-corrected chi connectivity index (χ1v) is 13.8. The van der Waals surface area contributed by atoms with Crippen LogP contribution in [-0.2, 0) is 26.0 Å². The molecule has 3 N–H and O–H groups in total. The zero-order chi connectivity index (χ0) is 28.4. The Morgan fingerprint density at radius 2 is 1.77 bits per heavy atom. The van der Waals surface area contributed by atoms with Crippen molar-refractivity contribution in [1.29, 1.82) is 0 Å². The molecule has 1 unspecified atom stereocenters. The SMILES string of the molecule is Cc1cc(COc2ccc(S(=O)(=O)CC3(COC(=O)NC(C)(C)C)NC(=O)NC3=O)cc2)c2ccccc2n1. The highest BCUT2D eigenvalue weighted by Crippen LogP contribution is 2.25. The molecule has 0 aliphatic carbocycles. The molecule has 206 valence electrons. The fourth-order valence-electron chi connectivity index (χ4n) is 4.13. The van der Waals surface area contributed by atoms with Crippen LogP contribution in [0.4, 0.5) is 9.59 Å². The number of ether oxygens (including phenoxy) is 2. The average molecular weight is 555 g/mol. The van der Waals surface area contributed by atoms with Gasteiger partial charge in [-0.25, -0.2) is 18.0 Å². The van der Waals surface area contributed by atoms with Gasteiger partial charge in [0.1, 0.15) is 19.0 Å². The second kappa shape index (κ2) is 10.5. The zero-order valence-electron chi connectivity index (χ0n) is 22.0. The van der Waals surface area contributed by atoms with Gasteiger partial charge >= 0.3 is 12.1 Å².